The summed E-state index contributed by atoms with van der Waals surface area (Å²) >= 11 is 12.4. The molecule has 0 radical (unpaired) electrons. The Hall–Kier alpha value is -1.77. The van der Waals surface area contributed by atoms with Crippen LogP contribution in [0.5, 0.6) is 0 Å². The predicted molar refractivity (Wildman–Crippen MR) is 83.8 cm³/mol. The van der Waals surface area contributed by atoms with E-state index < -0.39 is 0 Å². The average Bonchev–Trinajstić information content (AvgIpc) is 2.76. The van der Waals surface area contributed by atoms with Gasteiger partial charge in [-0.1, -0.05) is 59.6 Å². The highest BCUT2D eigenvalue weighted by Gasteiger charge is 2.15. The highest BCUT2D eigenvalue weighted by atomic mass is 35.5. The Balaban J connectivity index is 2.16. The second kappa shape index (κ2) is 5.31. The monoisotopic (exact) mass is 302 g/mol. The molecule has 2 aromatic carbocycles. The molecule has 3 rings (SSSR count). The van der Waals surface area contributed by atoms with Gasteiger partial charge in [0.25, 0.3) is 0 Å². The number of benzene rings is 2. The summed E-state index contributed by atoms with van der Waals surface area (Å²) in [6, 6.07) is 17.5. The second-order valence-electron chi connectivity index (χ2n) is 4.52. The molecule has 0 spiro atoms. The number of halogens is 2. The predicted octanol–water partition coefficient (Wildman–Crippen LogP) is 5.15. The van der Waals surface area contributed by atoms with Gasteiger partial charge < -0.3 is 0 Å². The molecule has 0 aliphatic carbocycles. The zero-order valence-electron chi connectivity index (χ0n) is 10.8. The van der Waals surface area contributed by atoms with Crippen LogP contribution in [0.1, 0.15) is 5.56 Å². The lowest BCUT2D eigenvalue weighted by molar-refractivity contribution is 0.885. The summed E-state index contributed by atoms with van der Waals surface area (Å²) in [6.07, 6.45) is 0. The molecule has 0 bridgehead atoms. The van der Waals surface area contributed by atoms with Gasteiger partial charge in [-0.05, 0) is 25.1 Å². The molecule has 0 amide bonds. The maximum atomic E-state index is 6.41. The van der Waals surface area contributed by atoms with Crippen molar-refractivity contribution in [3.63, 3.8) is 0 Å². The third kappa shape index (κ3) is 2.33. The first kappa shape index (κ1) is 13.2. The van der Waals surface area contributed by atoms with Gasteiger partial charge in [-0.25, -0.2) is 4.68 Å². The summed E-state index contributed by atoms with van der Waals surface area (Å²) in [7, 11) is 0. The fourth-order valence-corrected chi connectivity index (χ4v) is 2.53. The highest BCUT2D eigenvalue weighted by Crippen LogP contribution is 2.30. The molecule has 0 aliphatic heterocycles. The fourth-order valence-electron chi connectivity index (χ4n) is 2.12. The molecule has 1 aromatic heterocycles. The normalized spacial score (nSPS) is 10.8. The molecule has 4 heteroatoms. The van der Waals surface area contributed by atoms with Crippen LogP contribution in [0.3, 0.4) is 0 Å². The lowest BCUT2D eigenvalue weighted by Gasteiger charge is -2.03. The van der Waals surface area contributed by atoms with E-state index in [1.807, 2.05) is 61.5 Å². The number of nitrogens with zero attached hydrogens (tertiary/aromatic N) is 2. The van der Waals surface area contributed by atoms with Crippen LogP contribution >= 0.6 is 23.2 Å². The van der Waals surface area contributed by atoms with Crippen molar-refractivity contribution in [3.8, 4) is 16.9 Å². The number of hydrogen-bond acceptors (Lipinski definition) is 1. The molecule has 1 heterocycles. The molecular formula is C16H12Cl2N2. The third-order valence-electron chi connectivity index (χ3n) is 3.15. The molecule has 3 aromatic rings. The molecule has 20 heavy (non-hydrogen) atoms. The van der Waals surface area contributed by atoms with Gasteiger partial charge in [-0.3, -0.25) is 0 Å². The van der Waals surface area contributed by atoms with Crippen LogP contribution in [0, 0.1) is 6.92 Å². The molecule has 0 unspecified atom stereocenters. The van der Waals surface area contributed by atoms with Gasteiger partial charge >= 0.3 is 0 Å². The summed E-state index contributed by atoms with van der Waals surface area (Å²) in [5.74, 6) is 0. The summed E-state index contributed by atoms with van der Waals surface area (Å²) in [4.78, 5) is 0. The van der Waals surface area contributed by atoms with Gasteiger partial charge in [-0.15, -0.1) is 0 Å². The smallest absolute Gasteiger partial charge is 0.136 e. The fraction of sp³-hybridized carbons (Fsp3) is 0.0625. The second-order valence-corrected chi connectivity index (χ2v) is 5.32. The summed E-state index contributed by atoms with van der Waals surface area (Å²) < 4.78 is 1.71. The maximum Gasteiger partial charge on any atom is 0.136 e. The standard InChI is InChI=1S/C16H12Cl2N2/c1-11-15(12-6-3-2-4-7-12)19-20(16(11)18)14-9-5-8-13(17)10-14/h2-10H,1H3. The third-order valence-corrected chi connectivity index (χ3v) is 3.83. The van der Waals surface area contributed by atoms with Crippen molar-refractivity contribution in [2.24, 2.45) is 0 Å². The lowest BCUT2D eigenvalue weighted by Crippen LogP contribution is -1.96. The SMILES string of the molecule is Cc1c(-c2ccccc2)nn(-c2cccc(Cl)c2)c1Cl. The topological polar surface area (TPSA) is 17.8 Å². The van der Waals surface area contributed by atoms with Crippen molar-refractivity contribution in [3.05, 3.63) is 70.3 Å². The van der Waals surface area contributed by atoms with Crippen molar-refractivity contribution in [2.75, 3.05) is 0 Å². The summed E-state index contributed by atoms with van der Waals surface area (Å²) in [5.41, 5.74) is 3.74. The van der Waals surface area contributed by atoms with Crippen molar-refractivity contribution in [1.29, 1.82) is 0 Å². The minimum absolute atomic E-state index is 0.603. The molecule has 0 saturated heterocycles. The first-order valence-electron chi connectivity index (χ1n) is 6.23. The summed E-state index contributed by atoms with van der Waals surface area (Å²) in [5, 5.41) is 5.88. The average molecular weight is 303 g/mol. The van der Waals surface area contributed by atoms with Gasteiger partial charge in [0.05, 0.1) is 11.4 Å². The Morgan fingerprint density at radius 2 is 1.70 bits per heavy atom. The van der Waals surface area contributed by atoms with Crippen LogP contribution in [0.25, 0.3) is 16.9 Å². The van der Waals surface area contributed by atoms with Crippen LogP contribution in [-0.2, 0) is 0 Å². The van der Waals surface area contributed by atoms with E-state index >= 15 is 0 Å². The van der Waals surface area contributed by atoms with E-state index in [9.17, 15) is 0 Å². The van der Waals surface area contributed by atoms with Crippen LogP contribution in [0.15, 0.2) is 54.6 Å². The van der Waals surface area contributed by atoms with E-state index in [0.29, 0.717) is 10.2 Å². The Morgan fingerprint density at radius 1 is 0.950 bits per heavy atom. The Labute approximate surface area is 127 Å². The molecule has 0 atom stereocenters. The van der Waals surface area contributed by atoms with Crippen LogP contribution in [-0.4, -0.2) is 9.78 Å². The van der Waals surface area contributed by atoms with Gasteiger partial charge in [0.1, 0.15) is 5.15 Å². The quantitative estimate of drug-likeness (QED) is 0.640. The summed E-state index contributed by atoms with van der Waals surface area (Å²) in [6.45, 7) is 1.97. The molecular weight excluding hydrogens is 291 g/mol. The zero-order chi connectivity index (χ0) is 14.1. The zero-order valence-corrected chi connectivity index (χ0v) is 12.4. The van der Waals surface area contributed by atoms with Crippen molar-refractivity contribution < 1.29 is 0 Å². The molecule has 0 saturated carbocycles. The van der Waals surface area contributed by atoms with Crippen LogP contribution in [0.4, 0.5) is 0 Å². The number of hydrogen-bond donors (Lipinski definition) is 0. The van der Waals surface area contributed by atoms with Crippen molar-refractivity contribution in [1.82, 2.24) is 9.78 Å². The number of aromatic nitrogens is 2. The van der Waals surface area contributed by atoms with Crippen LogP contribution in [0.2, 0.25) is 10.2 Å². The highest BCUT2D eigenvalue weighted by molar-refractivity contribution is 6.31. The molecule has 0 N–H and O–H groups in total. The Bertz CT molecular complexity index is 748. The molecule has 0 fully saturated rings. The van der Waals surface area contributed by atoms with E-state index in [-0.39, 0.29) is 0 Å². The van der Waals surface area contributed by atoms with E-state index in [1.54, 1.807) is 4.68 Å². The van der Waals surface area contributed by atoms with Gasteiger partial charge in [0, 0.05) is 16.1 Å². The van der Waals surface area contributed by atoms with Gasteiger partial charge in [0.15, 0.2) is 0 Å². The van der Waals surface area contributed by atoms with Crippen molar-refractivity contribution >= 4 is 23.2 Å². The molecule has 0 aliphatic rings. The first-order valence-corrected chi connectivity index (χ1v) is 6.99. The molecule has 2 nitrogen and oxygen atoms in total. The minimum atomic E-state index is 0.603. The van der Waals surface area contributed by atoms with E-state index in [0.717, 1.165) is 22.5 Å². The van der Waals surface area contributed by atoms with Gasteiger partial charge in [0.2, 0.25) is 0 Å². The van der Waals surface area contributed by atoms with E-state index in [4.69, 9.17) is 23.2 Å². The lowest BCUT2D eigenvalue weighted by atomic mass is 10.1. The van der Waals surface area contributed by atoms with Crippen molar-refractivity contribution in [2.45, 2.75) is 6.92 Å². The van der Waals surface area contributed by atoms with Crippen LogP contribution < -0.4 is 0 Å². The van der Waals surface area contributed by atoms with E-state index in [1.165, 1.54) is 0 Å². The first-order chi connectivity index (χ1) is 9.66. The largest absolute Gasteiger partial charge is 0.221 e. The Kier molecular flexibility index (Phi) is 3.51. The van der Waals surface area contributed by atoms with Gasteiger partial charge in [-0.2, -0.15) is 5.10 Å². The van der Waals surface area contributed by atoms with E-state index in [2.05, 4.69) is 5.10 Å². The number of rotatable bonds is 2. The molecule has 100 valence electrons. The Morgan fingerprint density at radius 3 is 2.40 bits per heavy atom. The minimum Gasteiger partial charge on any atom is -0.221 e. The maximum absolute atomic E-state index is 6.41.